The summed E-state index contributed by atoms with van der Waals surface area (Å²) in [6.07, 6.45) is 7.75. The molecule has 2 fully saturated rings. The number of benzene rings is 2. The van der Waals surface area contributed by atoms with Crippen LogP contribution in [0.2, 0.25) is 0 Å². The van der Waals surface area contributed by atoms with E-state index in [0.717, 1.165) is 69.7 Å². The van der Waals surface area contributed by atoms with Gasteiger partial charge in [-0.3, -0.25) is 30.4 Å². The topological polar surface area (TPSA) is 198 Å². The van der Waals surface area contributed by atoms with E-state index in [9.17, 15) is 4.79 Å². The van der Waals surface area contributed by atoms with Crippen molar-refractivity contribution >= 4 is 30.0 Å². The molecule has 0 bridgehead atoms. The molecule has 6 rings (SSSR count). The number of nitrogens with zero attached hydrogens (tertiary/aromatic N) is 5. The Morgan fingerprint density at radius 3 is 2.42 bits per heavy atom. The summed E-state index contributed by atoms with van der Waals surface area (Å²) in [5.74, 6) is 1.93. The molecule has 1 unspecified atom stereocenters. The zero-order valence-corrected chi connectivity index (χ0v) is 35.1. The van der Waals surface area contributed by atoms with E-state index >= 15 is 0 Å². The van der Waals surface area contributed by atoms with Gasteiger partial charge in [-0.25, -0.2) is 9.79 Å². The lowest BCUT2D eigenvalue weighted by molar-refractivity contribution is -0.122. The third-order valence-electron chi connectivity index (χ3n) is 11.0. The van der Waals surface area contributed by atoms with Crippen LogP contribution in [0.3, 0.4) is 0 Å². The van der Waals surface area contributed by atoms with Crippen LogP contribution in [0.1, 0.15) is 83.1 Å². The number of pyridine rings is 1. The highest BCUT2D eigenvalue weighted by Gasteiger charge is 2.30. The summed E-state index contributed by atoms with van der Waals surface area (Å²) >= 11 is 0. The second kappa shape index (κ2) is 20.8. The number of aromatic nitrogens is 1. The number of amides is 2. The number of nitrogens with two attached hydrogens (primary N) is 1. The molecule has 7 N–H and O–H groups in total. The van der Waals surface area contributed by atoms with E-state index in [-0.39, 0.29) is 35.6 Å². The molecule has 59 heavy (non-hydrogen) atoms. The van der Waals surface area contributed by atoms with Gasteiger partial charge in [-0.2, -0.15) is 0 Å². The Bertz CT molecular complexity index is 2020. The van der Waals surface area contributed by atoms with Crippen molar-refractivity contribution in [2.45, 2.75) is 78.0 Å². The smallest absolute Gasteiger partial charge is 0.320 e. The number of aliphatic imine (C=N–C) groups is 1. The number of piperidine rings is 1. The molecule has 2 aromatic carbocycles. The number of likely N-dealkylation sites (N-methyl/N-ethyl adjacent to an activating group) is 1. The molecule has 15 nitrogen and oxygen atoms in total. The minimum Gasteiger partial charge on any atom is -0.492 e. The number of amidine groups is 1. The molecule has 2 amide bonds. The predicted octanol–water partition coefficient (Wildman–Crippen LogP) is 5.82. The Labute approximate surface area is 347 Å². The van der Waals surface area contributed by atoms with Crippen LogP contribution in [0.4, 0.5) is 10.5 Å². The first-order valence-corrected chi connectivity index (χ1v) is 20.5. The third kappa shape index (κ3) is 12.7. The molecule has 3 atom stereocenters. The maximum absolute atomic E-state index is 13.7. The Hall–Kier alpha value is -5.67. The normalized spacial score (nSPS) is 20.4. The van der Waals surface area contributed by atoms with Crippen LogP contribution < -0.4 is 31.3 Å². The first-order chi connectivity index (χ1) is 28.2. The highest BCUT2D eigenvalue weighted by atomic mass is 16.5. The number of carbonyl (C=O) groups is 2. The summed E-state index contributed by atoms with van der Waals surface area (Å²) in [7, 11) is 2.15. The van der Waals surface area contributed by atoms with E-state index in [0.29, 0.717) is 54.1 Å². The summed E-state index contributed by atoms with van der Waals surface area (Å²) < 4.78 is 14.3. The summed E-state index contributed by atoms with van der Waals surface area (Å²) in [6, 6.07) is 18.7. The summed E-state index contributed by atoms with van der Waals surface area (Å²) in [4.78, 5) is 33.7. The van der Waals surface area contributed by atoms with Gasteiger partial charge in [0.2, 0.25) is 5.96 Å². The Kier molecular flexibility index (Phi) is 15.7. The van der Waals surface area contributed by atoms with Gasteiger partial charge in [0.05, 0.1) is 17.9 Å². The number of hydrogen-bond donors (Lipinski definition) is 6. The van der Waals surface area contributed by atoms with Crippen molar-refractivity contribution in [3.8, 4) is 11.5 Å². The number of fused-ring (bicyclic) bond motifs is 1. The average Bonchev–Trinajstić information content (AvgIpc) is 3.20. The molecule has 0 saturated carbocycles. The van der Waals surface area contributed by atoms with Crippen LogP contribution in [-0.4, -0.2) is 108 Å². The third-order valence-corrected chi connectivity index (χ3v) is 11.0. The van der Waals surface area contributed by atoms with Crippen LogP contribution in [0, 0.1) is 16.2 Å². The number of ether oxygens (including phenoxy) is 2. The van der Waals surface area contributed by atoms with Gasteiger partial charge in [-0.05, 0) is 81.5 Å². The molecule has 0 radical (unpaired) electrons. The Morgan fingerprint density at radius 1 is 0.983 bits per heavy atom. The summed E-state index contributed by atoms with van der Waals surface area (Å²) in [6.45, 7) is 14.4. The molecule has 3 aromatic rings. The fourth-order valence-corrected chi connectivity index (χ4v) is 7.38. The number of rotatable bonds is 9. The van der Waals surface area contributed by atoms with E-state index in [1.54, 1.807) is 29.0 Å². The SMILES string of the molecule is CC1CCCCN1C(=N)n1cc(O[C@@H]2CC[C@H](NC(=O)NC(/C=C(\N)C(C)(C)C)=Nc3cccc(OCCN4CCN(C)CC4)c3)c3ccccc32)ccc1=N.O=CO. The molecule has 0 spiro atoms. The first-order valence-electron chi connectivity index (χ1n) is 20.5. The lowest BCUT2D eigenvalue weighted by Gasteiger charge is -2.36. The minimum atomic E-state index is -0.391. The zero-order chi connectivity index (χ0) is 42.5. The summed E-state index contributed by atoms with van der Waals surface area (Å²) in [5, 5.41) is 30.5. The molecule has 1 aromatic heterocycles. The fraction of sp³-hybridized carbons (Fsp3) is 0.477. The number of nitrogens with one attached hydrogen (secondary N) is 4. The highest BCUT2D eigenvalue weighted by Crippen LogP contribution is 2.38. The quantitative estimate of drug-likeness (QED) is 0.0876. The number of piperazine rings is 1. The van der Waals surface area contributed by atoms with Gasteiger partial charge in [0.15, 0.2) is 0 Å². The zero-order valence-electron chi connectivity index (χ0n) is 35.1. The molecule has 3 heterocycles. The Balaban J connectivity index is 0.00000214. The van der Waals surface area contributed by atoms with E-state index in [1.807, 2.05) is 69.3 Å². The minimum absolute atomic E-state index is 0.235. The van der Waals surface area contributed by atoms with Crippen molar-refractivity contribution in [3.05, 3.63) is 95.2 Å². The number of urea groups is 1. The number of likely N-dealkylation sites (tertiary alicyclic amines) is 1. The number of allylic oxidation sites excluding steroid dienone is 1. The van der Waals surface area contributed by atoms with E-state index in [1.165, 1.54) is 0 Å². The second-order valence-corrected chi connectivity index (χ2v) is 16.4. The summed E-state index contributed by atoms with van der Waals surface area (Å²) in [5.41, 5.74) is 9.58. The van der Waals surface area contributed by atoms with Crippen LogP contribution in [-0.2, 0) is 4.79 Å². The number of carbonyl (C=O) groups excluding carboxylic acids is 1. The maximum Gasteiger partial charge on any atom is 0.320 e. The van der Waals surface area contributed by atoms with Gasteiger partial charge >= 0.3 is 6.03 Å². The van der Waals surface area contributed by atoms with Crippen molar-refractivity contribution in [2.24, 2.45) is 16.1 Å². The Morgan fingerprint density at radius 2 is 1.71 bits per heavy atom. The second-order valence-electron chi connectivity index (χ2n) is 16.4. The van der Waals surface area contributed by atoms with Gasteiger partial charge in [0.25, 0.3) is 6.47 Å². The van der Waals surface area contributed by atoms with Gasteiger partial charge in [0.1, 0.15) is 35.5 Å². The molecule has 1 aliphatic carbocycles. The molecular weight excluding hydrogens is 749 g/mol. The molecule has 318 valence electrons. The fourth-order valence-electron chi connectivity index (χ4n) is 7.38. The van der Waals surface area contributed by atoms with Gasteiger partial charge in [-0.1, -0.05) is 51.1 Å². The maximum atomic E-state index is 13.7. The number of carboxylic acid groups (broad SMARTS) is 1. The van der Waals surface area contributed by atoms with Crippen molar-refractivity contribution in [1.82, 2.24) is 29.9 Å². The standard InChI is InChI=1S/C43H60N10O3.CH2O2/c1-30-11-8-9-20-52(30)41(46)53-29-33(16-19-39(53)45)56-37-18-17-36(34-14-6-7-15-35(34)37)48-42(54)49-40(28-38(44)43(2,3)4)47-31-12-10-13-32(27-31)55-26-25-51-23-21-50(5)22-24-51;2-1-3/h6-7,10,12-16,19,27-30,36-37,45-46H,8-9,11,17-18,20-26,44H2,1-5H3,(H2,47,48,49,54);1H,(H,2,3)/b38-28-,45-39?,46-41?;/t30?,36-,37+;/m0./s1. The van der Waals surface area contributed by atoms with Crippen LogP contribution >= 0.6 is 0 Å². The highest BCUT2D eigenvalue weighted by molar-refractivity contribution is 6.05. The predicted molar refractivity (Wildman–Crippen MR) is 230 cm³/mol. The largest absolute Gasteiger partial charge is 0.492 e. The van der Waals surface area contributed by atoms with E-state index in [4.69, 9.17) is 40.9 Å². The van der Waals surface area contributed by atoms with E-state index < -0.39 is 6.03 Å². The van der Waals surface area contributed by atoms with Crippen LogP contribution in [0.15, 0.2) is 83.6 Å². The van der Waals surface area contributed by atoms with Crippen molar-refractivity contribution in [2.75, 3.05) is 52.9 Å². The van der Waals surface area contributed by atoms with Gasteiger partial charge in [-0.15, -0.1) is 0 Å². The van der Waals surface area contributed by atoms with Crippen LogP contribution in [0.25, 0.3) is 0 Å². The molecule has 3 aliphatic rings. The van der Waals surface area contributed by atoms with Gasteiger partial charge in [0, 0.05) is 68.6 Å². The molecule has 2 aliphatic heterocycles. The number of hydrogen-bond acceptors (Lipinski definition) is 10. The molecular formula is C44H62N10O5. The molecule has 15 heteroatoms. The molecule has 2 saturated heterocycles. The van der Waals surface area contributed by atoms with Crippen molar-refractivity contribution in [3.63, 3.8) is 0 Å². The van der Waals surface area contributed by atoms with Crippen LogP contribution in [0.5, 0.6) is 11.5 Å². The average molecular weight is 811 g/mol. The van der Waals surface area contributed by atoms with E-state index in [2.05, 4.69) is 39.3 Å². The first kappa shape index (κ1) is 44.4. The monoisotopic (exact) mass is 810 g/mol. The lowest BCUT2D eigenvalue weighted by Crippen LogP contribution is -2.47. The lowest BCUT2D eigenvalue weighted by atomic mass is 9.85. The van der Waals surface area contributed by atoms with Gasteiger partial charge < -0.3 is 35.4 Å². The van der Waals surface area contributed by atoms with Crippen molar-refractivity contribution in [1.29, 1.82) is 10.8 Å². The van der Waals surface area contributed by atoms with Crippen molar-refractivity contribution < 1.29 is 24.2 Å².